The van der Waals surface area contributed by atoms with Gasteiger partial charge in [0.1, 0.15) is 0 Å². The summed E-state index contributed by atoms with van der Waals surface area (Å²) in [7, 11) is -4.08. The molecule has 160 valence electrons. The average Bonchev–Trinajstić information content (AvgIpc) is 3.19. The normalized spacial score (nSPS) is 13.0. The molecule has 4 rings (SSSR count). The lowest BCUT2D eigenvalue weighted by Gasteiger charge is -2.10. The molecule has 0 aliphatic heterocycles. The third-order valence-electron chi connectivity index (χ3n) is 5.15. The Labute approximate surface area is 179 Å². The van der Waals surface area contributed by atoms with Gasteiger partial charge < -0.3 is 5.32 Å². The van der Waals surface area contributed by atoms with Crippen molar-refractivity contribution in [2.45, 2.75) is 30.6 Å². The molecule has 0 fully saturated rings. The summed E-state index contributed by atoms with van der Waals surface area (Å²) in [6, 6.07) is 14.6. The monoisotopic (exact) mass is 442 g/mol. The van der Waals surface area contributed by atoms with E-state index in [0.29, 0.717) is 11.8 Å². The van der Waals surface area contributed by atoms with E-state index < -0.39 is 26.6 Å². The van der Waals surface area contributed by atoms with Crippen molar-refractivity contribution < 1.29 is 22.0 Å². The third kappa shape index (κ3) is 4.91. The molecule has 3 aromatic carbocycles. The Morgan fingerprint density at radius 1 is 0.839 bits per heavy atom. The van der Waals surface area contributed by atoms with Crippen LogP contribution in [-0.4, -0.2) is 14.3 Å². The zero-order valence-electron chi connectivity index (χ0n) is 16.5. The zero-order chi connectivity index (χ0) is 22.0. The summed E-state index contributed by atoms with van der Waals surface area (Å²) in [5.41, 5.74) is 4.35. The molecular weight excluding hydrogens is 422 g/mol. The molecule has 0 radical (unpaired) electrons. The minimum Gasteiger partial charge on any atom is -0.326 e. The number of carbonyl (C=O) groups excluding carboxylic acids is 1. The van der Waals surface area contributed by atoms with Crippen LogP contribution < -0.4 is 10.0 Å². The van der Waals surface area contributed by atoms with E-state index in [1.807, 2.05) is 6.07 Å². The third-order valence-corrected chi connectivity index (χ3v) is 6.53. The van der Waals surface area contributed by atoms with E-state index in [2.05, 4.69) is 22.2 Å². The second-order valence-electron chi connectivity index (χ2n) is 7.44. The van der Waals surface area contributed by atoms with Crippen LogP contribution in [0.4, 0.5) is 20.2 Å². The predicted molar refractivity (Wildman–Crippen MR) is 114 cm³/mol. The summed E-state index contributed by atoms with van der Waals surface area (Å²) in [5.74, 6) is -2.55. The van der Waals surface area contributed by atoms with E-state index >= 15 is 0 Å². The fourth-order valence-corrected chi connectivity index (χ4v) is 4.68. The maximum Gasteiger partial charge on any atom is 0.261 e. The Hall–Kier alpha value is -3.26. The molecule has 0 aromatic heterocycles. The highest BCUT2D eigenvalue weighted by Crippen LogP contribution is 2.24. The van der Waals surface area contributed by atoms with Gasteiger partial charge in [0.25, 0.3) is 10.0 Å². The molecule has 8 heteroatoms. The van der Waals surface area contributed by atoms with Crippen molar-refractivity contribution in [3.63, 3.8) is 0 Å². The van der Waals surface area contributed by atoms with Gasteiger partial charge in [-0.15, -0.1) is 0 Å². The number of sulfonamides is 1. The Bertz CT molecular complexity index is 1240. The smallest absolute Gasteiger partial charge is 0.261 e. The number of nitrogens with one attached hydrogen (secondary N) is 2. The standard InChI is InChI=1S/C23H20F2N2O3S/c24-21-11-10-20(14-22(21)25)31(29,30)27-19-8-6-18(7-9-19)26-23(28)13-15-4-5-16-2-1-3-17(16)12-15/h4-12,14,27H,1-3,13H2,(H,26,28). The van der Waals surface area contributed by atoms with Gasteiger partial charge in [0.05, 0.1) is 11.3 Å². The van der Waals surface area contributed by atoms with Crippen LogP contribution in [0.15, 0.2) is 65.6 Å². The van der Waals surface area contributed by atoms with Crippen LogP contribution in [0.25, 0.3) is 0 Å². The first-order valence-electron chi connectivity index (χ1n) is 9.79. The van der Waals surface area contributed by atoms with E-state index in [-0.39, 0.29) is 18.0 Å². The van der Waals surface area contributed by atoms with E-state index in [9.17, 15) is 22.0 Å². The van der Waals surface area contributed by atoms with Crippen LogP contribution in [0, 0.1) is 11.6 Å². The number of hydrogen-bond acceptors (Lipinski definition) is 3. The number of hydrogen-bond donors (Lipinski definition) is 2. The van der Waals surface area contributed by atoms with Gasteiger partial charge in [-0.2, -0.15) is 0 Å². The molecular formula is C23H20F2N2O3S. The van der Waals surface area contributed by atoms with E-state index in [1.165, 1.54) is 23.3 Å². The van der Waals surface area contributed by atoms with Gasteiger partial charge in [-0.1, -0.05) is 18.2 Å². The van der Waals surface area contributed by atoms with Gasteiger partial charge in [-0.3, -0.25) is 9.52 Å². The number of anilines is 2. The Morgan fingerprint density at radius 3 is 2.29 bits per heavy atom. The first-order chi connectivity index (χ1) is 14.8. The summed E-state index contributed by atoms with van der Waals surface area (Å²) in [5, 5.41) is 2.79. The van der Waals surface area contributed by atoms with Crippen molar-refractivity contribution in [1.29, 1.82) is 0 Å². The second kappa shape index (κ2) is 8.47. The van der Waals surface area contributed by atoms with Crippen LogP contribution in [0.5, 0.6) is 0 Å². The topological polar surface area (TPSA) is 75.3 Å². The van der Waals surface area contributed by atoms with Crippen LogP contribution >= 0.6 is 0 Å². The molecule has 0 saturated heterocycles. The van der Waals surface area contributed by atoms with E-state index in [0.717, 1.165) is 37.0 Å². The molecule has 1 aliphatic carbocycles. The first kappa shape index (κ1) is 21.0. The maximum atomic E-state index is 13.3. The molecule has 0 heterocycles. The SMILES string of the molecule is O=C(Cc1ccc2c(c1)CCC2)Nc1ccc(NS(=O)(=O)c2ccc(F)c(F)c2)cc1. The molecule has 0 spiro atoms. The van der Waals surface area contributed by atoms with Crippen molar-refractivity contribution in [3.05, 3.63) is 89.0 Å². The maximum absolute atomic E-state index is 13.3. The fourth-order valence-electron chi connectivity index (χ4n) is 3.61. The van der Waals surface area contributed by atoms with Gasteiger partial charge in [-0.05, 0) is 78.4 Å². The second-order valence-corrected chi connectivity index (χ2v) is 9.12. The number of fused-ring (bicyclic) bond motifs is 1. The molecule has 0 bridgehead atoms. The number of benzene rings is 3. The molecule has 31 heavy (non-hydrogen) atoms. The summed E-state index contributed by atoms with van der Waals surface area (Å²) >= 11 is 0. The lowest BCUT2D eigenvalue weighted by Crippen LogP contribution is -2.15. The first-order valence-corrected chi connectivity index (χ1v) is 11.3. The molecule has 5 nitrogen and oxygen atoms in total. The summed E-state index contributed by atoms with van der Waals surface area (Å²) in [4.78, 5) is 12.0. The molecule has 2 N–H and O–H groups in total. The van der Waals surface area contributed by atoms with Crippen molar-refractivity contribution in [1.82, 2.24) is 0 Å². The summed E-state index contributed by atoms with van der Waals surface area (Å²) in [6.45, 7) is 0. The number of carbonyl (C=O) groups is 1. The van der Waals surface area contributed by atoms with Crippen molar-refractivity contribution >= 4 is 27.3 Å². The number of halogens is 2. The van der Waals surface area contributed by atoms with E-state index in [1.54, 1.807) is 12.1 Å². The Balaban J connectivity index is 1.38. The molecule has 0 atom stereocenters. The highest BCUT2D eigenvalue weighted by Gasteiger charge is 2.17. The van der Waals surface area contributed by atoms with Crippen LogP contribution in [0.2, 0.25) is 0 Å². The average molecular weight is 442 g/mol. The van der Waals surface area contributed by atoms with Crippen molar-refractivity contribution in [2.75, 3.05) is 10.0 Å². The lowest BCUT2D eigenvalue weighted by molar-refractivity contribution is -0.115. The van der Waals surface area contributed by atoms with Gasteiger partial charge >= 0.3 is 0 Å². The van der Waals surface area contributed by atoms with Crippen LogP contribution in [-0.2, 0) is 34.1 Å². The molecule has 0 saturated carbocycles. The highest BCUT2D eigenvalue weighted by atomic mass is 32.2. The number of aryl methyl sites for hydroxylation is 2. The van der Waals surface area contributed by atoms with Crippen molar-refractivity contribution in [3.8, 4) is 0 Å². The zero-order valence-corrected chi connectivity index (χ0v) is 17.3. The van der Waals surface area contributed by atoms with E-state index in [4.69, 9.17) is 0 Å². The molecule has 0 unspecified atom stereocenters. The van der Waals surface area contributed by atoms with Crippen molar-refractivity contribution in [2.24, 2.45) is 0 Å². The quantitative estimate of drug-likeness (QED) is 0.593. The summed E-state index contributed by atoms with van der Waals surface area (Å²) in [6.07, 6.45) is 3.54. The molecule has 1 aliphatic rings. The number of amides is 1. The van der Waals surface area contributed by atoms with Crippen LogP contribution in [0.1, 0.15) is 23.1 Å². The fraction of sp³-hybridized carbons (Fsp3) is 0.174. The van der Waals surface area contributed by atoms with Gasteiger partial charge in [0.15, 0.2) is 11.6 Å². The minimum atomic E-state index is -4.08. The lowest BCUT2D eigenvalue weighted by atomic mass is 10.0. The van der Waals surface area contributed by atoms with Gasteiger partial charge in [0, 0.05) is 11.4 Å². The molecule has 1 amide bonds. The highest BCUT2D eigenvalue weighted by molar-refractivity contribution is 7.92. The van der Waals surface area contributed by atoms with Crippen LogP contribution in [0.3, 0.4) is 0 Å². The Kier molecular flexibility index (Phi) is 5.73. The Morgan fingerprint density at radius 2 is 1.55 bits per heavy atom. The van der Waals surface area contributed by atoms with Gasteiger partial charge in [0.2, 0.25) is 5.91 Å². The number of rotatable bonds is 6. The summed E-state index contributed by atoms with van der Waals surface area (Å²) < 4.78 is 53.3. The molecule has 3 aromatic rings. The van der Waals surface area contributed by atoms with Gasteiger partial charge in [-0.25, -0.2) is 17.2 Å². The minimum absolute atomic E-state index is 0.173. The predicted octanol–water partition coefficient (Wildman–Crippen LogP) is 4.44. The largest absolute Gasteiger partial charge is 0.326 e.